The van der Waals surface area contributed by atoms with Crippen LogP contribution in [0.4, 0.5) is 11.4 Å². The Morgan fingerprint density at radius 3 is 2.48 bits per heavy atom. The van der Waals surface area contributed by atoms with Crippen LogP contribution in [-0.4, -0.2) is 42.2 Å². The molecule has 1 aliphatic carbocycles. The van der Waals surface area contributed by atoms with E-state index in [2.05, 4.69) is 10.1 Å². The van der Waals surface area contributed by atoms with E-state index in [1.54, 1.807) is 0 Å². The molecule has 0 bridgehead atoms. The van der Waals surface area contributed by atoms with Crippen LogP contribution in [0, 0.1) is 15.5 Å². The lowest BCUT2D eigenvalue weighted by Crippen LogP contribution is -2.74. The summed E-state index contributed by atoms with van der Waals surface area (Å²) in [5, 5.41) is 13.7. The molecule has 9 nitrogen and oxygen atoms in total. The lowest BCUT2D eigenvalue weighted by molar-refractivity contribution is -0.384. The fraction of sp³-hybridized carbons (Fsp3) is 0.529. The maximum atomic E-state index is 12.7. The number of esters is 1. The molecule has 1 amide bonds. The van der Waals surface area contributed by atoms with E-state index in [4.69, 9.17) is 10.5 Å². The quantitative estimate of drug-likeness (QED) is 0.424. The summed E-state index contributed by atoms with van der Waals surface area (Å²) in [5.41, 5.74) is 4.22. The Labute approximate surface area is 163 Å². The number of carbonyl (C=O) groups is 2. The zero-order valence-corrected chi connectivity index (χ0v) is 16.4. The van der Waals surface area contributed by atoms with E-state index >= 15 is 0 Å². The molecular weight excluding hydrogens is 378 g/mol. The molecule has 1 aromatic carbocycles. The molecule has 10 heteroatoms. The predicted octanol–water partition coefficient (Wildman–Crippen LogP) is 2.27. The minimum absolute atomic E-state index is 0. The molecule has 1 saturated carbocycles. The molecule has 1 fully saturated rings. The van der Waals surface area contributed by atoms with Crippen molar-refractivity contribution < 1.29 is 24.0 Å². The number of nitrogens with one attached hydrogen (secondary N) is 1. The maximum absolute atomic E-state index is 12.7. The monoisotopic (exact) mass is 401 g/mol. The van der Waals surface area contributed by atoms with Gasteiger partial charge in [0, 0.05) is 36.3 Å². The number of benzene rings is 1. The standard InChI is InChI=1S/C17H23N3O6.ClH/c1-5-26-13-9-17(18,16(13,2)3)15(22)19-11-6-10(14(21)25-4)7-12(8-11)20(23)24;/h6-8,13H,5,9,18H2,1-4H3,(H,19,22);1H. The molecule has 2 unspecified atom stereocenters. The Kier molecular flexibility index (Phi) is 6.93. The second-order valence-electron chi connectivity index (χ2n) is 6.81. The van der Waals surface area contributed by atoms with Crippen molar-refractivity contribution in [2.45, 2.75) is 38.8 Å². The zero-order chi connectivity index (χ0) is 19.7. The Hall–Kier alpha value is -2.23. The van der Waals surface area contributed by atoms with Crippen molar-refractivity contribution in [3.8, 4) is 0 Å². The summed E-state index contributed by atoms with van der Waals surface area (Å²) in [6, 6.07) is 3.56. The first kappa shape index (κ1) is 22.8. The summed E-state index contributed by atoms with van der Waals surface area (Å²) in [5.74, 6) is -1.23. The summed E-state index contributed by atoms with van der Waals surface area (Å²) in [6.45, 7) is 6.05. The van der Waals surface area contributed by atoms with E-state index in [1.165, 1.54) is 19.2 Å². The molecule has 0 heterocycles. The Morgan fingerprint density at radius 2 is 2.00 bits per heavy atom. The van der Waals surface area contributed by atoms with Crippen molar-refractivity contribution in [1.82, 2.24) is 0 Å². The van der Waals surface area contributed by atoms with Gasteiger partial charge in [-0.25, -0.2) is 4.79 Å². The smallest absolute Gasteiger partial charge is 0.338 e. The van der Waals surface area contributed by atoms with Crippen molar-refractivity contribution in [2.24, 2.45) is 11.1 Å². The van der Waals surface area contributed by atoms with Gasteiger partial charge in [0.25, 0.3) is 5.69 Å². The minimum Gasteiger partial charge on any atom is -0.465 e. The van der Waals surface area contributed by atoms with E-state index < -0.39 is 27.8 Å². The number of amides is 1. The van der Waals surface area contributed by atoms with E-state index in [0.29, 0.717) is 13.0 Å². The molecule has 1 aromatic rings. The molecule has 0 radical (unpaired) electrons. The zero-order valence-electron chi connectivity index (χ0n) is 15.6. The van der Waals surface area contributed by atoms with Gasteiger partial charge in [-0.05, 0) is 13.0 Å². The Bertz CT molecular complexity index is 754. The van der Waals surface area contributed by atoms with Gasteiger partial charge in [0.2, 0.25) is 5.91 Å². The topological polar surface area (TPSA) is 134 Å². The molecular formula is C17H24ClN3O6. The van der Waals surface area contributed by atoms with Crippen LogP contribution in [-0.2, 0) is 14.3 Å². The first-order valence-electron chi connectivity index (χ1n) is 8.16. The number of hydrogen-bond acceptors (Lipinski definition) is 7. The third kappa shape index (κ3) is 4.05. The molecule has 0 aliphatic heterocycles. The minimum atomic E-state index is -1.19. The van der Waals surface area contributed by atoms with Crippen molar-refractivity contribution >= 4 is 35.7 Å². The van der Waals surface area contributed by atoms with Gasteiger partial charge in [-0.3, -0.25) is 14.9 Å². The van der Waals surface area contributed by atoms with Crippen LogP contribution in [0.2, 0.25) is 0 Å². The number of hydrogen-bond donors (Lipinski definition) is 2. The van der Waals surface area contributed by atoms with Gasteiger partial charge in [0.05, 0.1) is 23.7 Å². The van der Waals surface area contributed by atoms with Crippen LogP contribution in [0.5, 0.6) is 0 Å². The molecule has 27 heavy (non-hydrogen) atoms. The Morgan fingerprint density at radius 1 is 1.37 bits per heavy atom. The van der Waals surface area contributed by atoms with Crippen LogP contribution in [0.15, 0.2) is 18.2 Å². The third-order valence-electron chi connectivity index (χ3n) is 5.04. The fourth-order valence-electron chi connectivity index (χ4n) is 3.09. The fourth-order valence-corrected chi connectivity index (χ4v) is 3.09. The number of nitrogens with zero attached hydrogens (tertiary/aromatic N) is 1. The highest BCUT2D eigenvalue weighted by molar-refractivity contribution is 6.01. The van der Waals surface area contributed by atoms with Crippen LogP contribution < -0.4 is 11.1 Å². The second kappa shape index (κ2) is 8.20. The summed E-state index contributed by atoms with van der Waals surface area (Å²) in [6.07, 6.45) is 0.178. The van der Waals surface area contributed by atoms with Crippen molar-refractivity contribution in [3.63, 3.8) is 0 Å². The molecule has 1 aliphatic rings. The molecule has 0 saturated heterocycles. The van der Waals surface area contributed by atoms with Gasteiger partial charge in [0.15, 0.2) is 0 Å². The predicted molar refractivity (Wildman–Crippen MR) is 101 cm³/mol. The SMILES string of the molecule is CCOC1CC(N)(C(=O)Nc2cc(C(=O)OC)cc([N+](=O)[O-])c2)C1(C)C.Cl. The summed E-state index contributed by atoms with van der Waals surface area (Å²) in [7, 11) is 1.17. The van der Waals surface area contributed by atoms with Gasteiger partial charge in [-0.15, -0.1) is 12.4 Å². The van der Waals surface area contributed by atoms with Gasteiger partial charge in [-0.1, -0.05) is 13.8 Å². The second-order valence-corrected chi connectivity index (χ2v) is 6.81. The van der Waals surface area contributed by atoms with Gasteiger partial charge in [-0.2, -0.15) is 0 Å². The number of ether oxygens (including phenoxy) is 2. The normalized spacial score (nSPS) is 22.8. The first-order valence-corrected chi connectivity index (χ1v) is 8.16. The number of halogens is 1. The molecule has 2 rings (SSSR count). The van der Waals surface area contributed by atoms with Crippen molar-refractivity contribution in [2.75, 3.05) is 19.0 Å². The average Bonchev–Trinajstić information content (AvgIpc) is 2.60. The number of nitro groups is 1. The number of nitro benzene ring substituents is 1. The highest BCUT2D eigenvalue weighted by Crippen LogP contribution is 2.50. The van der Waals surface area contributed by atoms with Gasteiger partial charge in [0.1, 0.15) is 5.54 Å². The van der Waals surface area contributed by atoms with Crippen LogP contribution >= 0.6 is 12.4 Å². The highest BCUT2D eigenvalue weighted by atomic mass is 35.5. The Balaban J connectivity index is 0.00000364. The molecule has 0 aromatic heterocycles. The van der Waals surface area contributed by atoms with Crippen molar-refractivity contribution in [1.29, 1.82) is 0 Å². The largest absolute Gasteiger partial charge is 0.465 e. The average molecular weight is 402 g/mol. The van der Waals surface area contributed by atoms with E-state index in [-0.39, 0.29) is 35.4 Å². The molecule has 2 atom stereocenters. The lowest BCUT2D eigenvalue weighted by atomic mass is 9.54. The number of non-ortho nitro benzene ring substituents is 1. The van der Waals surface area contributed by atoms with E-state index in [1.807, 2.05) is 20.8 Å². The lowest BCUT2D eigenvalue weighted by Gasteiger charge is -2.57. The summed E-state index contributed by atoms with van der Waals surface area (Å²) in [4.78, 5) is 34.9. The van der Waals surface area contributed by atoms with Crippen LogP contribution in [0.25, 0.3) is 0 Å². The van der Waals surface area contributed by atoms with Crippen LogP contribution in [0.1, 0.15) is 37.6 Å². The van der Waals surface area contributed by atoms with Gasteiger partial charge < -0.3 is 20.5 Å². The number of methoxy groups -OCH3 is 1. The first-order chi connectivity index (χ1) is 12.1. The third-order valence-corrected chi connectivity index (χ3v) is 5.04. The molecule has 150 valence electrons. The molecule has 0 spiro atoms. The van der Waals surface area contributed by atoms with Crippen molar-refractivity contribution in [3.05, 3.63) is 33.9 Å². The number of nitrogens with two attached hydrogens (primary N) is 1. The number of anilines is 1. The number of carbonyl (C=O) groups excluding carboxylic acids is 2. The summed E-state index contributed by atoms with van der Waals surface area (Å²) >= 11 is 0. The van der Waals surface area contributed by atoms with Gasteiger partial charge >= 0.3 is 5.97 Å². The van der Waals surface area contributed by atoms with E-state index in [0.717, 1.165) is 6.07 Å². The number of rotatable bonds is 6. The van der Waals surface area contributed by atoms with Crippen LogP contribution in [0.3, 0.4) is 0 Å². The maximum Gasteiger partial charge on any atom is 0.338 e. The summed E-state index contributed by atoms with van der Waals surface area (Å²) < 4.78 is 10.2. The highest BCUT2D eigenvalue weighted by Gasteiger charge is 2.62. The molecule has 3 N–H and O–H groups in total. The van der Waals surface area contributed by atoms with E-state index in [9.17, 15) is 19.7 Å².